The van der Waals surface area contributed by atoms with Gasteiger partial charge in [0.05, 0.1) is 17.2 Å². The number of benzene rings is 2. The number of hydrogen-bond donors (Lipinski definition) is 0. The van der Waals surface area contributed by atoms with Gasteiger partial charge in [-0.2, -0.15) is 0 Å². The molecule has 2 aromatic rings. The number of imide groups is 1. The molecule has 1 saturated carbocycles. The lowest BCUT2D eigenvalue weighted by Crippen LogP contribution is -2.51. The maximum atomic E-state index is 13.7. The summed E-state index contributed by atoms with van der Waals surface area (Å²) in [5.74, 6) is -0.395. The van der Waals surface area contributed by atoms with Crippen molar-refractivity contribution in [3.63, 3.8) is 0 Å². The van der Waals surface area contributed by atoms with Gasteiger partial charge in [0.2, 0.25) is 5.91 Å². The molecule has 2 aromatic carbocycles. The van der Waals surface area contributed by atoms with Crippen LogP contribution in [-0.2, 0) is 4.79 Å². The van der Waals surface area contributed by atoms with Crippen LogP contribution in [0.2, 0.25) is 0 Å². The molecule has 146 valence electrons. The number of rotatable bonds is 4. The molecule has 3 aliphatic rings. The SMILES string of the molecule is O=C1C(N2C(=O)c3ccccc3C2=O)CC=CC(c2ccccc2)N1CC1CC1. The van der Waals surface area contributed by atoms with E-state index >= 15 is 0 Å². The first-order valence-electron chi connectivity index (χ1n) is 10.1. The van der Waals surface area contributed by atoms with Crippen LogP contribution in [0.3, 0.4) is 0 Å². The first-order chi connectivity index (χ1) is 14.1. The van der Waals surface area contributed by atoms with Gasteiger partial charge in [-0.1, -0.05) is 54.6 Å². The zero-order valence-corrected chi connectivity index (χ0v) is 16.0. The molecular formula is C24H22N2O3. The maximum absolute atomic E-state index is 13.7. The highest BCUT2D eigenvalue weighted by Crippen LogP contribution is 2.36. The van der Waals surface area contributed by atoms with E-state index in [0.717, 1.165) is 18.4 Å². The van der Waals surface area contributed by atoms with Crippen LogP contribution in [0.15, 0.2) is 66.7 Å². The van der Waals surface area contributed by atoms with E-state index in [4.69, 9.17) is 0 Å². The van der Waals surface area contributed by atoms with Crippen LogP contribution in [0.5, 0.6) is 0 Å². The van der Waals surface area contributed by atoms with Crippen molar-refractivity contribution < 1.29 is 14.4 Å². The Morgan fingerprint density at radius 1 is 0.828 bits per heavy atom. The third-order valence-electron chi connectivity index (χ3n) is 6.01. The summed E-state index contributed by atoms with van der Waals surface area (Å²) in [4.78, 5) is 42.6. The molecule has 0 saturated heterocycles. The summed E-state index contributed by atoms with van der Waals surface area (Å²) in [6.07, 6.45) is 6.55. The minimum Gasteiger partial charge on any atom is -0.330 e. The van der Waals surface area contributed by atoms with Crippen LogP contribution in [0, 0.1) is 5.92 Å². The Kier molecular flexibility index (Phi) is 4.31. The summed E-state index contributed by atoms with van der Waals surface area (Å²) in [7, 11) is 0. The van der Waals surface area contributed by atoms with E-state index in [1.54, 1.807) is 24.3 Å². The Morgan fingerprint density at radius 3 is 2.07 bits per heavy atom. The second-order valence-corrected chi connectivity index (χ2v) is 8.00. The first-order valence-corrected chi connectivity index (χ1v) is 10.1. The van der Waals surface area contributed by atoms with Gasteiger partial charge in [-0.25, -0.2) is 0 Å². The molecule has 0 bridgehead atoms. The highest BCUT2D eigenvalue weighted by atomic mass is 16.2. The van der Waals surface area contributed by atoms with Gasteiger partial charge < -0.3 is 4.90 Å². The van der Waals surface area contributed by atoms with Crippen molar-refractivity contribution in [2.24, 2.45) is 5.92 Å². The average molecular weight is 386 g/mol. The van der Waals surface area contributed by atoms with Crippen LogP contribution < -0.4 is 0 Å². The molecule has 0 radical (unpaired) electrons. The Bertz CT molecular complexity index is 975. The van der Waals surface area contributed by atoms with Crippen molar-refractivity contribution in [2.45, 2.75) is 31.3 Å². The fourth-order valence-electron chi connectivity index (χ4n) is 4.30. The molecule has 2 heterocycles. The lowest BCUT2D eigenvalue weighted by Gasteiger charge is -2.33. The van der Waals surface area contributed by atoms with Gasteiger partial charge in [-0.3, -0.25) is 19.3 Å². The summed E-state index contributed by atoms with van der Waals surface area (Å²) >= 11 is 0. The van der Waals surface area contributed by atoms with Crippen molar-refractivity contribution in [2.75, 3.05) is 6.54 Å². The van der Waals surface area contributed by atoms with Gasteiger partial charge in [-0.15, -0.1) is 0 Å². The number of carbonyl (C=O) groups excluding carboxylic acids is 3. The maximum Gasteiger partial charge on any atom is 0.262 e. The van der Waals surface area contributed by atoms with Gasteiger partial charge in [0, 0.05) is 6.54 Å². The first kappa shape index (κ1) is 17.9. The Hall–Kier alpha value is -3.21. The zero-order chi connectivity index (χ0) is 20.0. The van der Waals surface area contributed by atoms with E-state index in [9.17, 15) is 14.4 Å². The topological polar surface area (TPSA) is 57.7 Å². The molecule has 5 rings (SSSR count). The van der Waals surface area contributed by atoms with Crippen LogP contribution in [0.4, 0.5) is 0 Å². The van der Waals surface area contributed by atoms with Crippen LogP contribution in [0.25, 0.3) is 0 Å². The fraction of sp³-hybridized carbons (Fsp3) is 0.292. The second-order valence-electron chi connectivity index (χ2n) is 8.00. The molecule has 0 aromatic heterocycles. The number of carbonyl (C=O) groups is 3. The number of nitrogens with zero attached hydrogens (tertiary/aromatic N) is 2. The van der Waals surface area contributed by atoms with Crippen LogP contribution in [-0.4, -0.2) is 40.1 Å². The highest BCUT2D eigenvalue weighted by molar-refractivity contribution is 6.22. The number of amides is 3. The molecular weight excluding hydrogens is 364 g/mol. The summed E-state index contributed by atoms with van der Waals surface area (Å²) in [5.41, 5.74) is 1.81. The normalized spacial score (nSPS) is 24.1. The highest BCUT2D eigenvalue weighted by Gasteiger charge is 2.45. The summed E-state index contributed by atoms with van der Waals surface area (Å²) in [6, 6.07) is 15.7. The summed E-state index contributed by atoms with van der Waals surface area (Å²) in [6.45, 7) is 0.655. The second kappa shape index (κ2) is 6.99. The molecule has 2 atom stereocenters. The van der Waals surface area contributed by atoms with Crippen molar-refractivity contribution in [1.29, 1.82) is 0 Å². The lowest BCUT2D eigenvalue weighted by molar-refractivity contribution is -0.137. The Morgan fingerprint density at radius 2 is 1.45 bits per heavy atom. The van der Waals surface area contributed by atoms with E-state index < -0.39 is 6.04 Å². The van der Waals surface area contributed by atoms with Crippen LogP contribution >= 0.6 is 0 Å². The standard InChI is InChI=1S/C24H22N2O3/c27-22-18-9-4-5-10-19(18)23(28)26(22)21-12-6-11-20(17-7-2-1-3-8-17)25(24(21)29)15-16-13-14-16/h1-11,16,20-21H,12-15H2. The molecule has 1 aliphatic carbocycles. The zero-order valence-electron chi connectivity index (χ0n) is 16.0. The Balaban J connectivity index is 1.50. The molecule has 1 fully saturated rings. The molecule has 2 unspecified atom stereocenters. The minimum absolute atomic E-state index is 0.148. The molecule has 5 nitrogen and oxygen atoms in total. The van der Waals surface area contributed by atoms with Gasteiger partial charge in [-0.05, 0) is 42.9 Å². The van der Waals surface area contributed by atoms with Crippen molar-refractivity contribution >= 4 is 17.7 Å². The molecule has 0 spiro atoms. The van der Waals surface area contributed by atoms with E-state index in [1.807, 2.05) is 47.4 Å². The summed E-state index contributed by atoms with van der Waals surface area (Å²) < 4.78 is 0. The largest absolute Gasteiger partial charge is 0.330 e. The predicted octanol–water partition coefficient (Wildman–Crippen LogP) is 3.59. The van der Waals surface area contributed by atoms with E-state index in [-0.39, 0.29) is 23.8 Å². The quantitative estimate of drug-likeness (QED) is 0.596. The van der Waals surface area contributed by atoms with E-state index in [2.05, 4.69) is 0 Å². The smallest absolute Gasteiger partial charge is 0.262 e. The molecule has 3 amide bonds. The number of hydrogen-bond acceptors (Lipinski definition) is 3. The third-order valence-corrected chi connectivity index (χ3v) is 6.01. The van der Waals surface area contributed by atoms with Gasteiger partial charge in [0.15, 0.2) is 0 Å². The average Bonchev–Trinajstić information content (AvgIpc) is 3.56. The summed E-state index contributed by atoms with van der Waals surface area (Å²) in [5, 5.41) is 0. The molecule has 5 heteroatoms. The van der Waals surface area contributed by atoms with E-state index in [0.29, 0.717) is 30.0 Å². The van der Waals surface area contributed by atoms with Crippen molar-refractivity contribution in [1.82, 2.24) is 9.80 Å². The van der Waals surface area contributed by atoms with Crippen molar-refractivity contribution in [3.8, 4) is 0 Å². The monoisotopic (exact) mass is 386 g/mol. The minimum atomic E-state index is -0.800. The van der Waals surface area contributed by atoms with Gasteiger partial charge in [0.1, 0.15) is 6.04 Å². The predicted molar refractivity (Wildman–Crippen MR) is 108 cm³/mol. The molecule has 29 heavy (non-hydrogen) atoms. The third kappa shape index (κ3) is 3.07. The number of fused-ring (bicyclic) bond motifs is 1. The van der Waals surface area contributed by atoms with Crippen molar-refractivity contribution in [3.05, 3.63) is 83.4 Å². The van der Waals surface area contributed by atoms with E-state index in [1.165, 1.54) is 4.90 Å². The van der Waals surface area contributed by atoms with Gasteiger partial charge in [0.25, 0.3) is 11.8 Å². The van der Waals surface area contributed by atoms with Crippen LogP contribution in [0.1, 0.15) is 51.6 Å². The fourth-order valence-corrected chi connectivity index (χ4v) is 4.30. The lowest BCUT2D eigenvalue weighted by atomic mass is 10.0. The van der Waals surface area contributed by atoms with Gasteiger partial charge >= 0.3 is 0 Å². The Labute approximate surface area is 169 Å². The molecule has 0 N–H and O–H groups in total. The molecule has 2 aliphatic heterocycles.